The number of nitrogens with two attached hydrogens (primary N) is 1. The Morgan fingerprint density at radius 1 is 1.18 bits per heavy atom. The topological polar surface area (TPSA) is 97.3 Å². The molecule has 3 saturated carbocycles. The highest BCUT2D eigenvalue weighted by molar-refractivity contribution is 6.10. The van der Waals surface area contributed by atoms with Crippen molar-refractivity contribution in [1.82, 2.24) is 24.8 Å². The summed E-state index contributed by atoms with van der Waals surface area (Å²) in [5.41, 5.74) is 8.81. The molecule has 0 radical (unpaired) electrons. The number of carbonyl (C=O) groups excluding carboxylic acids is 2. The SMILES string of the molecule is CC(=O)N(C)N(Cc1ccc(C#CC23CC(C2)C3)cc1F)C(=O)c1ccc2nc(N)c3cnn(C)c3c2c1. The van der Waals surface area contributed by atoms with E-state index in [9.17, 15) is 9.59 Å². The predicted molar refractivity (Wildman–Crippen MR) is 142 cm³/mol. The lowest BCUT2D eigenvalue weighted by molar-refractivity contribution is -0.140. The molecule has 7 rings (SSSR count). The molecular weight excluding hydrogens is 483 g/mol. The van der Waals surface area contributed by atoms with Crippen LogP contribution >= 0.6 is 0 Å². The van der Waals surface area contributed by atoms with Crippen LogP contribution in [-0.2, 0) is 18.4 Å². The minimum Gasteiger partial charge on any atom is -0.383 e. The fourth-order valence-electron chi connectivity index (χ4n) is 5.47. The zero-order chi connectivity index (χ0) is 26.8. The number of anilines is 1. The van der Waals surface area contributed by atoms with E-state index in [-0.39, 0.29) is 23.4 Å². The summed E-state index contributed by atoms with van der Waals surface area (Å²) in [6.07, 6.45) is 5.09. The number of fused-ring (bicyclic) bond motifs is 3. The average Bonchev–Trinajstić information content (AvgIpc) is 3.23. The Morgan fingerprint density at radius 3 is 2.61 bits per heavy atom. The Morgan fingerprint density at radius 2 is 1.95 bits per heavy atom. The maximum atomic E-state index is 15.2. The molecule has 0 aliphatic heterocycles. The fourth-order valence-corrected chi connectivity index (χ4v) is 5.47. The van der Waals surface area contributed by atoms with Gasteiger partial charge >= 0.3 is 0 Å². The molecule has 3 aliphatic carbocycles. The van der Waals surface area contributed by atoms with E-state index in [1.807, 2.05) is 0 Å². The highest BCUT2D eigenvalue weighted by atomic mass is 19.1. The van der Waals surface area contributed by atoms with Gasteiger partial charge in [0.15, 0.2) is 0 Å². The van der Waals surface area contributed by atoms with Crippen molar-refractivity contribution in [1.29, 1.82) is 0 Å². The second-order valence-corrected chi connectivity index (χ2v) is 10.5. The summed E-state index contributed by atoms with van der Waals surface area (Å²) in [5.74, 6) is 6.33. The van der Waals surface area contributed by atoms with Crippen LogP contribution in [-0.4, -0.2) is 43.6 Å². The Balaban J connectivity index is 1.32. The number of hydrogen-bond donors (Lipinski definition) is 1. The van der Waals surface area contributed by atoms with Gasteiger partial charge in [-0.3, -0.25) is 19.3 Å². The molecule has 8 nitrogen and oxygen atoms in total. The summed E-state index contributed by atoms with van der Waals surface area (Å²) in [6, 6.07) is 9.82. The third-order valence-corrected chi connectivity index (χ3v) is 7.89. The molecule has 0 spiro atoms. The monoisotopic (exact) mass is 510 g/mol. The van der Waals surface area contributed by atoms with Crippen LogP contribution in [0.2, 0.25) is 0 Å². The normalized spacial score (nSPS) is 19.3. The highest BCUT2D eigenvalue weighted by Gasteiger charge is 2.55. The Kier molecular flexibility index (Phi) is 5.38. The molecule has 0 atom stereocenters. The van der Waals surface area contributed by atoms with Crippen LogP contribution in [0, 0.1) is 29.0 Å². The van der Waals surface area contributed by atoms with E-state index in [1.54, 1.807) is 48.3 Å². The van der Waals surface area contributed by atoms with Gasteiger partial charge in [-0.05, 0) is 55.5 Å². The lowest BCUT2D eigenvalue weighted by Crippen LogP contribution is -2.50. The second-order valence-electron chi connectivity index (χ2n) is 10.5. The average molecular weight is 511 g/mol. The van der Waals surface area contributed by atoms with Crippen LogP contribution in [0.15, 0.2) is 42.6 Å². The second kappa shape index (κ2) is 8.55. The smallest absolute Gasteiger partial charge is 0.272 e. The standard InChI is InChI=1S/C29H27FN6O2/c1-17(37)35(3)36(16-21-5-4-18(10-24(21)30)8-9-29-12-19(13-29)14-29)28(38)20-6-7-25-22(11-20)26-23(27(31)33-25)15-32-34(26)2/h4-7,10-11,15,19H,12-14,16H2,1-3H3,(H2,31,33). The van der Waals surface area contributed by atoms with Gasteiger partial charge in [-0.2, -0.15) is 5.10 Å². The van der Waals surface area contributed by atoms with E-state index in [2.05, 4.69) is 21.9 Å². The number of hydrogen-bond acceptors (Lipinski definition) is 5. The van der Waals surface area contributed by atoms with Crippen molar-refractivity contribution in [3.8, 4) is 11.8 Å². The number of nitrogens with zero attached hydrogens (tertiary/aromatic N) is 5. The summed E-state index contributed by atoms with van der Waals surface area (Å²) >= 11 is 0. The number of pyridine rings is 1. The summed E-state index contributed by atoms with van der Waals surface area (Å²) in [4.78, 5) is 30.4. The molecular formula is C29H27FN6O2. The Hall–Kier alpha value is -4.45. The molecule has 2 aromatic heterocycles. The maximum Gasteiger partial charge on any atom is 0.272 e. The molecule has 2 bridgehead atoms. The lowest BCUT2D eigenvalue weighted by atomic mass is 9.45. The van der Waals surface area contributed by atoms with E-state index < -0.39 is 11.7 Å². The van der Waals surface area contributed by atoms with Crippen molar-refractivity contribution in [2.45, 2.75) is 32.7 Å². The number of carbonyl (C=O) groups is 2. The summed E-state index contributed by atoms with van der Waals surface area (Å²) in [7, 11) is 3.28. The lowest BCUT2D eigenvalue weighted by Gasteiger charge is -2.58. The van der Waals surface area contributed by atoms with Crippen LogP contribution in [0.25, 0.3) is 21.8 Å². The maximum absolute atomic E-state index is 15.2. The number of amides is 2. The number of halogens is 1. The van der Waals surface area contributed by atoms with Gasteiger partial charge in [0.2, 0.25) is 5.91 Å². The largest absolute Gasteiger partial charge is 0.383 e. The van der Waals surface area contributed by atoms with Gasteiger partial charge in [-0.1, -0.05) is 17.9 Å². The quantitative estimate of drug-likeness (QED) is 0.332. The Labute approximate surface area is 219 Å². The van der Waals surface area contributed by atoms with E-state index in [1.165, 1.54) is 30.1 Å². The summed E-state index contributed by atoms with van der Waals surface area (Å²) < 4.78 is 16.8. The first-order valence-corrected chi connectivity index (χ1v) is 12.5. The zero-order valence-electron chi connectivity index (χ0n) is 21.5. The first-order valence-electron chi connectivity index (χ1n) is 12.5. The van der Waals surface area contributed by atoms with Crippen molar-refractivity contribution >= 4 is 39.4 Å². The molecule has 9 heteroatoms. The molecule has 3 fully saturated rings. The van der Waals surface area contributed by atoms with Crippen molar-refractivity contribution < 1.29 is 14.0 Å². The van der Waals surface area contributed by atoms with Gasteiger partial charge in [0.05, 0.1) is 29.2 Å². The predicted octanol–water partition coefficient (Wildman–Crippen LogP) is 4.03. The van der Waals surface area contributed by atoms with Crippen LogP contribution in [0.4, 0.5) is 10.2 Å². The molecule has 38 heavy (non-hydrogen) atoms. The first kappa shape index (κ1) is 23.9. The number of nitrogen functional groups attached to an aromatic ring is 1. The highest BCUT2D eigenvalue weighted by Crippen LogP contribution is 2.63. The van der Waals surface area contributed by atoms with Gasteiger partial charge in [-0.15, -0.1) is 0 Å². The third-order valence-electron chi connectivity index (χ3n) is 7.89. The van der Waals surface area contributed by atoms with E-state index in [0.29, 0.717) is 33.2 Å². The van der Waals surface area contributed by atoms with Gasteiger partial charge in [0, 0.05) is 48.5 Å². The fraction of sp³-hybridized carbons (Fsp3) is 0.310. The number of benzene rings is 2. The number of hydrazine groups is 1. The molecule has 0 unspecified atom stereocenters. The molecule has 2 N–H and O–H groups in total. The Bertz CT molecular complexity index is 1700. The van der Waals surface area contributed by atoms with Crippen molar-refractivity contribution in [3.63, 3.8) is 0 Å². The van der Waals surface area contributed by atoms with Crippen LogP contribution in [0.1, 0.15) is 47.7 Å². The molecule has 2 aromatic carbocycles. The van der Waals surface area contributed by atoms with Gasteiger partial charge < -0.3 is 5.73 Å². The minimum atomic E-state index is -0.473. The molecule has 2 amide bonds. The van der Waals surface area contributed by atoms with Crippen molar-refractivity contribution in [3.05, 3.63) is 65.1 Å². The van der Waals surface area contributed by atoms with Gasteiger partial charge in [-0.25, -0.2) is 14.4 Å². The number of rotatable bonds is 3. The van der Waals surface area contributed by atoms with Crippen molar-refractivity contribution in [2.24, 2.45) is 18.4 Å². The molecule has 2 heterocycles. The molecule has 4 aromatic rings. The van der Waals surface area contributed by atoms with Gasteiger partial charge in [0.1, 0.15) is 11.6 Å². The van der Waals surface area contributed by atoms with E-state index in [0.717, 1.165) is 30.7 Å². The third kappa shape index (κ3) is 3.84. The summed E-state index contributed by atoms with van der Waals surface area (Å²) in [5, 5.41) is 8.09. The van der Waals surface area contributed by atoms with Gasteiger partial charge in [0.25, 0.3) is 5.91 Å². The molecule has 0 saturated heterocycles. The molecule has 192 valence electrons. The van der Waals surface area contributed by atoms with Crippen molar-refractivity contribution in [2.75, 3.05) is 12.8 Å². The number of aromatic nitrogens is 3. The van der Waals surface area contributed by atoms with Crippen LogP contribution < -0.4 is 5.73 Å². The number of aryl methyl sites for hydroxylation is 1. The first-order chi connectivity index (χ1) is 18.1. The van der Waals surface area contributed by atoms with E-state index >= 15 is 4.39 Å². The molecule has 3 aliphatic rings. The van der Waals surface area contributed by atoms with Crippen LogP contribution in [0.5, 0.6) is 0 Å². The van der Waals surface area contributed by atoms with Crippen LogP contribution in [0.3, 0.4) is 0 Å². The summed E-state index contributed by atoms with van der Waals surface area (Å²) in [6.45, 7) is 1.23. The minimum absolute atomic E-state index is 0.126. The zero-order valence-corrected chi connectivity index (χ0v) is 21.5. The van der Waals surface area contributed by atoms with E-state index in [4.69, 9.17) is 5.73 Å².